The third-order valence-electron chi connectivity index (χ3n) is 3.39. The Labute approximate surface area is 147 Å². The molecule has 0 aromatic heterocycles. The Morgan fingerprint density at radius 3 is 2.58 bits per heavy atom. The van der Waals surface area contributed by atoms with Crippen molar-refractivity contribution in [3.05, 3.63) is 59.1 Å². The number of urea groups is 1. The molecule has 0 aliphatic rings. The Kier molecular flexibility index (Phi) is 6.90. The van der Waals surface area contributed by atoms with Gasteiger partial charge >= 0.3 is 6.03 Å². The second-order valence-electron chi connectivity index (χ2n) is 5.22. The van der Waals surface area contributed by atoms with Crippen LogP contribution >= 0.6 is 11.6 Å². The molecule has 0 aliphatic carbocycles. The summed E-state index contributed by atoms with van der Waals surface area (Å²) in [6, 6.07) is 14.5. The van der Waals surface area contributed by atoms with Gasteiger partial charge in [0.05, 0.1) is 12.3 Å². The van der Waals surface area contributed by atoms with E-state index in [9.17, 15) is 4.79 Å². The molecule has 0 fully saturated rings. The van der Waals surface area contributed by atoms with E-state index in [4.69, 9.17) is 21.1 Å². The Hall–Kier alpha value is -2.24. The van der Waals surface area contributed by atoms with Crippen LogP contribution in [0, 0.1) is 0 Å². The van der Waals surface area contributed by atoms with Crippen LogP contribution in [0.2, 0.25) is 5.02 Å². The van der Waals surface area contributed by atoms with Gasteiger partial charge in [-0.3, -0.25) is 0 Å². The number of hydrogen-bond donors (Lipinski definition) is 1. The zero-order valence-electron chi connectivity index (χ0n) is 13.8. The fourth-order valence-corrected chi connectivity index (χ4v) is 2.29. The topological polar surface area (TPSA) is 50.8 Å². The van der Waals surface area contributed by atoms with Gasteiger partial charge in [-0.2, -0.15) is 0 Å². The molecule has 2 rings (SSSR count). The molecule has 0 unspecified atom stereocenters. The number of nitrogens with one attached hydrogen (secondary N) is 1. The Bertz CT molecular complexity index is 679. The van der Waals surface area contributed by atoms with Crippen LogP contribution in [0.5, 0.6) is 5.75 Å². The zero-order chi connectivity index (χ0) is 17.4. The maximum Gasteiger partial charge on any atom is 0.321 e. The van der Waals surface area contributed by atoms with Crippen molar-refractivity contribution in [2.75, 3.05) is 32.7 Å². The maximum atomic E-state index is 12.4. The lowest BCUT2D eigenvalue weighted by molar-refractivity contribution is 0.146. The van der Waals surface area contributed by atoms with E-state index in [1.54, 1.807) is 31.2 Å². The number of ether oxygens (including phenoxy) is 2. The van der Waals surface area contributed by atoms with Gasteiger partial charge in [0.25, 0.3) is 0 Å². The zero-order valence-corrected chi connectivity index (χ0v) is 14.5. The fourth-order valence-electron chi connectivity index (χ4n) is 2.10. The Balaban J connectivity index is 2.00. The minimum Gasteiger partial charge on any atom is -0.489 e. The average molecular weight is 349 g/mol. The molecular formula is C18H21ClN2O3. The van der Waals surface area contributed by atoms with Gasteiger partial charge in [0, 0.05) is 25.7 Å². The fraction of sp³-hybridized carbons (Fsp3) is 0.278. The first-order valence-corrected chi connectivity index (χ1v) is 7.96. The predicted molar refractivity (Wildman–Crippen MR) is 95.8 cm³/mol. The van der Waals surface area contributed by atoms with Crippen molar-refractivity contribution in [1.29, 1.82) is 0 Å². The van der Waals surface area contributed by atoms with Crippen molar-refractivity contribution in [2.45, 2.75) is 6.54 Å². The number of nitrogens with zero attached hydrogens (tertiary/aromatic N) is 1. The van der Waals surface area contributed by atoms with E-state index >= 15 is 0 Å². The van der Waals surface area contributed by atoms with Crippen molar-refractivity contribution in [3.63, 3.8) is 0 Å². The van der Waals surface area contributed by atoms with E-state index in [1.165, 1.54) is 0 Å². The highest BCUT2D eigenvalue weighted by Gasteiger charge is 2.13. The second kappa shape index (κ2) is 9.15. The maximum absolute atomic E-state index is 12.4. The van der Waals surface area contributed by atoms with Crippen molar-refractivity contribution < 1.29 is 14.3 Å². The molecule has 2 aromatic rings. The molecule has 0 aliphatic heterocycles. The van der Waals surface area contributed by atoms with Crippen LogP contribution < -0.4 is 10.1 Å². The van der Waals surface area contributed by atoms with Crippen molar-refractivity contribution in [3.8, 4) is 5.75 Å². The van der Waals surface area contributed by atoms with Crippen molar-refractivity contribution in [2.24, 2.45) is 0 Å². The van der Waals surface area contributed by atoms with E-state index in [0.29, 0.717) is 36.2 Å². The first-order valence-electron chi connectivity index (χ1n) is 7.58. The third kappa shape index (κ3) is 5.15. The van der Waals surface area contributed by atoms with Crippen LogP contribution in [0.25, 0.3) is 0 Å². The van der Waals surface area contributed by atoms with Gasteiger partial charge < -0.3 is 19.7 Å². The number of para-hydroxylation sites is 2. The number of carbonyl (C=O) groups is 1. The van der Waals surface area contributed by atoms with E-state index in [-0.39, 0.29) is 6.03 Å². The number of amides is 2. The summed E-state index contributed by atoms with van der Waals surface area (Å²) >= 11 is 6.14. The molecule has 0 radical (unpaired) electrons. The predicted octanol–water partition coefficient (Wildman–Crippen LogP) is 4.03. The molecule has 6 heteroatoms. The quantitative estimate of drug-likeness (QED) is 0.768. The van der Waals surface area contributed by atoms with E-state index in [0.717, 1.165) is 5.56 Å². The normalized spacial score (nSPS) is 10.3. The molecule has 0 bridgehead atoms. The number of halogens is 1. The van der Waals surface area contributed by atoms with Gasteiger partial charge in [0.2, 0.25) is 0 Å². The molecule has 0 spiro atoms. The number of carbonyl (C=O) groups excluding carboxylic acids is 1. The van der Waals surface area contributed by atoms with Gasteiger partial charge in [0.15, 0.2) is 0 Å². The lowest BCUT2D eigenvalue weighted by Crippen LogP contribution is -2.31. The second-order valence-corrected chi connectivity index (χ2v) is 5.62. The molecule has 128 valence electrons. The molecular weight excluding hydrogens is 328 g/mol. The highest BCUT2D eigenvalue weighted by atomic mass is 35.5. The van der Waals surface area contributed by atoms with E-state index in [1.807, 2.05) is 36.4 Å². The summed E-state index contributed by atoms with van der Waals surface area (Å²) in [7, 11) is 3.33. The lowest BCUT2D eigenvalue weighted by Gasteiger charge is -2.20. The summed E-state index contributed by atoms with van der Waals surface area (Å²) in [5, 5.41) is 3.49. The largest absolute Gasteiger partial charge is 0.489 e. The van der Waals surface area contributed by atoms with Crippen LogP contribution in [0.1, 0.15) is 5.56 Å². The number of anilines is 1. The molecule has 0 atom stereocenters. The first kappa shape index (κ1) is 18.1. The van der Waals surface area contributed by atoms with Crippen molar-refractivity contribution in [1.82, 2.24) is 4.90 Å². The highest BCUT2D eigenvalue weighted by Crippen LogP contribution is 2.24. The number of hydrogen-bond acceptors (Lipinski definition) is 3. The smallest absolute Gasteiger partial charge is 0.321 e. The summed E-state index contributed by atoms with van der Waals surface area (Å²) < 4.78 is 10.6. The van der Waals surface area contributed by atoms with Crippen LogP contribution in [0.4, 0.5) is 10.5 Å². The average Bonchev–Trinajstić information content (AvgIpc) is 2.58. The Morgan fingerprint density at radius 2 is 1.83 bits per heavy atom. The van der Waals surface area contributed by atoms with Crippen LogP contribution in [0.15, 0.2) is 48.5 Å². The van der Waals surface area contributed by atoms with Crippen molar-refractivity contribution >= 4 is 23.3 Å². The third-order valence-corrected chi connectivity index (χ3v) is 3.75. The molecule has 0 heterocycles. The van der Waals surface area contributed by atoms with Gasteiger partial charge in [-0.15, -0.1) is 0 Å². The monoisotopic (exact) mass is 348 g/mol. The molecule has 5 nitrogen and oxygen atoms in total. The van der Waals surface area contributed by atoms with E-state index in [2.05, 4.69) is 5.32 Å². The minimum absolute atomic E-state index is 0.238. The molecule has 0 saturated heterocycles. The van der Waals surface area contributed by atoms with Crippen LogP contribution in [-0.4, -0.2) is 38.3 Å². The minimum atomic E-state index is -0.238. The van der Waals surface area contributed by atoms with Crippen LogP contribution in [-0.2, 0) is 11.3 Å². The molecule has 1 N–H and O–H groups in total. The standard InChI is InChI=1S/C18H21ClN2O3/c1-21(13-14-7-3-4-8-15(14)19)18(22)20-16-9-5-6-10-17(16)24-12-11-23-2/h3-10H,11-13H2,1-2H3,(H,20,22). The molecule has 2 aromatic carbocycles. The van der Waals surface area contributed by atoms with Gasteiger partial charge in [-0.1, -0.05) is 41.9 Å². The SMILES string of the molecule is COCCOc1ccccc1NC(=O)N(C)Cc1ccccc1Cl. The highest BCUT2D eigenvalue weighted by molar-refractivity contribution is 6.31. The van der Waals surface area contributed by atoms with Gasteiger partial charge in [-0.25, -0.2) is 4.79 Å². The van der Waals surface area contributed by atoms with Gasteiger partial charge in [-0.05, 0) is 23.8 Å². The number of methoxy groups -OCH3 is 1. The summed E-state index contributed by atoms with van der Waals surface area (Å²) in [6.45, 7) is 1.31. The summed E-state index contributed by atoms with van der Waals surface area (Å²) in [6.07, 6.45) is 0. The number of rotatable bonds is 7. The Morgan fingerprint density at radius 1 is 1.12 bits per heavy atom. The summed E-state index contributed by atoms with van der Waals surface area (Å²) in [5.74, 6) is 0.606. The lowest BCUT2D eigenvalue weighted by atomic mass is 10.2. The summed E-state index contributed by atoms with van der Waals surface area (Å²) in [5.41, 5.74) is 1.51. The number of benzene rings is 2. The van der Waals surface area contributed by atoms with Crippen LogP contribution in [0.3, 0.4) is 0 Å². The molecule has 2 amide bonds. The molecule has 24 heavy (non-hydrogen) atoms. The van der Waals surface area contributed by atoms with E-state index < -0.39 is 0 Å². The molecule has 0 saturated carbocycles. The van der Waals surface area contributed by atoms with Gasteiger partial charge in [0.1, 0.15) is 12.4 Å². The summed E-state index contributed by atoms with van der Waals surface area (Å²) in [4.78, 5) is 14.0. The first-order chi connectivity index (χ1) is 11.6.